The van der Waals surface area contributed by atoms with Crippen LogP contribution in [0.4, 0.5) is 4.39 Å². The highest BCUT2D eigenvalue weighted by Gasteiger charge is 2.15. The molecule has 0 saturated carbocycles. The molecule has 1 nitrogen and oxygen atoms in total. The van der Waals surface area contributed by atoms with E-state index in [1.807, 2.05) is 12.1 Å². The maximum Gasteiger partial charge on any atom is 0.161 e. The molecule has 0 saturated heterocycles. The van der Waals surface area contributed by atoms with Crippen molar-refractivity contribution < 1.29 is 9.18 Å². The molecule has 3 heteroatoms. The van der Waals surface area contributed by atoms with Gasteiger partial charge in [0, 0.05) is 10.5 Å². The molecule has 2 rings (SSSR count). The van der Waals surface area contributed by atoms with E-state index in [0.29, 0.717) is 10.5 Å². The number of carbonyl (C=O) groups excluding carboxylic acids is 1. The van der Waals surface area contributed by atoms with E-state index in [1.165, 1.54) is 30.3 Å². The molecule has 0 N–H and O–H groups in total. The highest BCUT2D eigenvalue weighted by atomic mass is 32.2. The Morgan fingerprint density at radius 3 is 2.19 bits per heavy atom. The van der Waals surface area contributed by atoms with E-state index < -0.39 is 0 Å². The van der Waals surface area contributed by atoms with Gasteiger partial charge in [-0.15, -0.1) is 0 Å². The summed E-state index contributed by atoms with van der Waals surface area (Å²) in [6.07, 6.45) is 0. The molecule has 21 heavy (non-hydrogen) atoms. The number of rotatable bonds is 3. The molecule has 0 aliphatic rings. The van der Waals surface area contributed by atoms with E-state index in [9.17, 15) is 9.18 Å². The van der Waals surface area contributed by atoms with Gasteiger partial charge in [0.15, 0.2) is 5.78 Å². The Bertz CT molecular complexity index is 654. The minimum Gasteiger partial charge on any atom is -0.294 e. The van der Waals surface area contributed by atoms with Crippen LogP contribution in [0.25, 0.3) is 0 Å². The maximum absolute atomic E-state index is 14.0. The first kappa shape index (κ1) is 15.8. The molecule has 0 bridgehead atoms. The van der Waals surface area contributed by atoms with Gasteiger partial charge in [-0.2, -0.15) is 0 Å². The summed E-state index contributed by atoms with van der Waals surface area (Å²) in [4.78, 5) is 12.9. The second-order valence-corrected chi connectivity index (χ2v) is 7.13. The zero-order chi connectivity index (χ0) is 15.6. The van der Waals surface area contributed by atoms with E-state index >= 15 is 0 Å². The van der Waals surface area contributed by atoms with Crippen LogP contribution in [0.2, 0.25) is 0 Å². The number of hydrogen-bond acceptors (Lipinski definition) is 2. The van der Waals surface area contributed by atoms with Crippen molar-refractivity contribution in [2.24, 2.45) is 0 Å². The van der Waals surface area contributed by atoms with Crippen molar-refractivity contribution in [2.45, 2.75) is 42.9 Å². The molecule has 110 valence electrons. The molecule has 0 fully saturated rings. The minimum absolute atomic E-state index is 0.0890. The Morgan fingerprint density at radius 2 is 1.67 bits per heavy atom. The van der Waals surface area contributed by atoms with Crippen LogP contribution in [0.3, 0.4) is 0 Å². The molecule has 0 aliphatic heterocycles. The third-order valence-electron chi connectivity index (χ3n) is 3.29. The molecule has 0 radical (unpaired) electrons. The summed E-state index contributed by atoms with van der Waals surface area (Å²) in [7, 11) is 0. The Labute approximate surface area is 129 Å². The average molecular weight is 302 g/mol. The smallest absolute Gasteiger partial charge is 0.161 e. The van der Waals surface area contributed by atoms with Gasteiger partial charge in [-0.25, -0.2) is 4.39 Å². The van der Waals surface area contributed by atoms with Crippen molar-refractivity contribution in [2.75, 3.05) is 0 Å². The van der Waals surface area contributed by atoms with Crippen molar-refractivity contribution in [3.63, 3.8) is 0 Å². The lowest BCUT2D eigenvalue weighted by molar-refractivity contribution is 0.101. The first-order valence-electron chi connectivity index (χ1n) is 6.87. The number of benzene rings is 2. The summed E-state index contributed by atoms with van der Waals surface area (Å²) in [6, 6.07) is 12.7. The molecule has 0 atom stereocenters. The molecule has 0 amide bonds. The molecule has 0 unspecified atom stereocenters. The van der Waals surface area contributed by atoms with E-state index in [0.717, 1.165) is 4.90 Å². The third-order valence-corrected chi connectivity index (χ3v) is 4.41. The van der Waals surface area contributed by atoms with Crippen LogP contribution in [0.1, 0.15) is 43.6 Å². The normalized spacial score (nSPS) is 11.5. The largest absolute Gasteiger partial charge is 0.294 e. The van der Waals surface area contributed by atoms with E-state index in [1.54, 1.807) is 12.1 Å². The number of carbonyl (C=O) groups is 1. The Kier molecular flexibility index (Phi) is 4.52. The standard InChI is InChI=1S/C18H19FOS/c1-12(20)15-6-5-7-16(19)17(15)21-14-10-8-13(9-11-14)18(2,3)4/h5-11H,1-4H3. The SMILES string of the molecule is CC(=O)c1cccc(F)c1Sc1ccc(C(C)(C)C)cc1. The highest BCUT2D eigenvalue weighted by Crippen LogP contribution is 2.34. The van der Waals surface area contributed by atoms with Crippen molar-refractivity contribution in [3.05, 3.63) is 59.4 Å². The maximum atomic E-state index is 14.0. The number of hydrogen-bond donors (Lipinski definition) is 0. The fraction of sp³-hybridized carbons (Fsp3) is 0.278. The van der Waals surface area contributed by atoms with Gasteiger partial charge in [-0.1, -0.05) is 56.8 Å². The second kappa shape index (κ2) is 6.02. The van der Waals surface area contributed by atoms with Crippen LogP contribution in [0, 0.1) is 5.82 Å². The number of Topliss-reactive ketones (excluding diaryl/α,β-unsaturated/α-hetero) is 1. The monoisotopic (exact) mass is 302 g/mol. The lowest BCUT2D eigenvalue weighted by Crippen LogP contribution is -2.10. The predicted molar refractivity (Wildman–Crippen MR) is 85.7 cm³/mol. The summed E-state index contributed by atoms with van der Waals surface area (Å²) in [5.74, 6) is -0.476. The van der Waals surface area contributed by atoms with Crippen LogP contribution in [0.15, 0.2) is 52.3 Å². The topological polar surface area (TPSA) is 17.1 Å². The summed E-state index contributed by atoms with van der Waals surface area (Å²) in [5, 5.41) is 0. The van der Waals surface area contributed by atoms with E-state index in [-0.39, 0.29) is 17.0 Å². The van der Waals surface area contributed by atoms with Crippen molar-refractivity contribution in [1.29, 1.82) is 0 Å². The van der Waals surface area contributed by atoms with E-state index in [4.69, 9.17) is 0 Å². The summed E-state index contributed by atoms with van der Waals surface area (Å²) in [6.45, 7) is 7.92. The minimum atomic E-state index is -0.354. The first-order valence-corrected chi connectivity index (χ1v) is 7.68. The highest BCUT2D eigenvalue weighted by molar-refractivity contribution is 7.99. The Hall–Kier alpha value is -1.61. The molecule has 0 spiro atoms. The van der Waals surface area contributed by atoms with Gasteiger partial charge in [0.1, 0.15) is 5.82 Å². The van der Waals surface area contributed by atoms with Crippen molar-refractivity contribution in [1.82, 2.24) is 0 Å². The zero-order valence-electron chi connectivity index (χ0n) is 12.7. The van der Waals surface area contributed by atoms with Gasteiger partial charge in [0.2, 0.25) is 0 Å². The molecular weight excluding hydrogens is 283 g/mol. The van der Waals surface area contributed by atoms with E-state index in [2.05, 4.69) is 32.9 Å². The molecule has 0 aromatic heterocycles. The predicted octanol–water partition coefficient (Wildman–Crippen LogP) is 5.48. The summed E-state index contributed by atoms with van der Waals surface area (Å²) < 4.78 is 14.0. The van der Waals surface area contributed by atoms with Crippen LogP contribution in [0.5, 0.6) is 0 Å². The molecular formula is C18H19FOS. The molecule has 0 heterocycles. The van der Waals surface area contributed by atoms with Crippen LogP contribution in [-0.2, 0) is 5.41 Å². The second-order valence-electron chi connectivity index (χ2n) is 6.05. The van der Waals surface area contributed by atoms with Gasteiger partial charge in [0.05, 0.1) is 4.90 Å². The number of ketones is 1. The third kappa shape index (κ3) is 3.73. The quantitative estimate of drug-likeness (QED) is 0.699. The first-order chi connectivity index (χ1) is 9.79. The van der Waals surface area contributed by atoms with Gasteiger partial charge in [-0.05, 0) is 36.1 Å². The summed E-state index contributed by atoms with van der Waals surface area (Å²) >= 11 is 1.29. The van der Waals surface area contributed by atoms with Gasteiger partial charge in [-0.3, -0.25) is 4.79 Å². The average Bonchev–Trinajstić information content (AvgIpc) is 2.40. The molecule has 2 aromatic rings. The Balaban J connectivity index is 2.33. The van der Waals surface area contributed by atoms with Crippen LogP contribution < -0.4 is 0 Å². The van der Waals surface area contributed by atoms with Crippen LogP contribution >= 0.6 is 11.8 Å². The van der Waals surface area contributed by atoms with Crippen molar-refractivity contribution in [3.8, 4) is 0 Å². The zero-order valence-corrected chi connectivity index (χ0v) is 13.6. The van der Waals surface area contributed by atoms with Gasteiger partial charge in [0.25, 0.3) is 0 Å². The summed E-state index contributed by atoms with van der Waals surface area (Å²) in [5.41, 5.74) is 1.75. The number of halogens is 1. The van der Waals surface area contributed by atoms with Crippen LogP contribution in [-0.4, -0.2) is 5.78 Å². The lowest BCUT2D eigenvalue weighted by atomic mass is 9.87. The Morgan fingerprint density at radius 1 is 1.05 bits per heavy atom. The fourth-order valence-electron chi connectivity index (χ4n) is 2.03. The van der Waals surface area contributed by atoms with Crippen molar-refractivity contribution >= 4 is 17.5 Å². The van der Waals surface area contributed by atoms with Gasteiger partial charge < -0.3 is 0 Å². The molecule has 2 aromatic carbocycles. The fourth-order valence-corrected chi connectivity index (χ4v) is 3.03. The van der Waals surface area contributed by atoms with Gasteiger partial charge >= 0.3 is 0 Å². The lowest BCUT2D eigenvalue weighted by Gasteiger charge is -2.19. The molecule has 0 aliphatic carbocycles.